The number of aryl methyl sites for hydroxylation is 1. The van der Waals surface area contributed by atoms with Crippen LogP contribution in [0.1, 0.15) is 55.5 Å². The largest absolute Gasteiger partial charge is 0.317 e. The number of nitriles is 1. The second-order valence-electron chi connectivity index (χ2n) is 5.53. The third-order valence-corrected chi connectivity index (χ3v) is 4.59. The van der Waals surface area contributed by atoms with E-state index in [0.29, 0.717) is 17.9 Å². The van der Waals surface area contributed by atoms with Crippen molar-refractivity contribution in [1.82, 2.24) is 0 Å². The average Bonchev–Trinajstić information content (AvgIpc) is 2.51. The van der Waals surface area contributed by atoms with Crippen molar-refractivity contribution in [1.29, 1.82) is 5.26 Å². The minimum Gasteiger partial charge on any atom is -0.317 e. The van der Waals surface area contributed by atoms with Gasteiger partial charge in [-0.2, -0.15) is 5.26 Å². The minimum absolute atomic E-state index is 0.0166. The van der Waals surface area contributed by atoms with E-state index < -0.39 is 0 Å². The highest BCUT2D eigenvalue weighted by molar-refractivity contribution is 7.16. The van der Waals surface area contributed by atoms with Crippen LogP contribution in [0.4, 0.5) is 5.00 Å². The lowest BCUT2D eigenvalue weighted by molar-refractivity contribution is -0.116. The van der Waals surface area contributed by atoms with Gasteiger partial charge in [0.2, 0.25) is 5.91 Å². The molecule has 1 N–H and O–H groups in total. The zero-order valence-corrected chi connectivity index (χ0v) is 12.4. The summed E-state index contributed by atoms with van der Waals surface area (Å²) in [5.74, 6) is 0.353. The molecule has 0 fully saturated rings. The predicted octanol–water partition coefficient (Wildman–Crippen LogP) is 3.87. The van der Waals surface area contributed by atoms with E-state index in [1.54, 1.807) is 11.3 Å². The summed E-state index contributed by atoms with van der Waals surface area (Å²) in [4.78, 5) is 13.2. The Morgan fingerprint density at radius 3 is 2.79 bits per heavy atom. The van der Waals surface area contributed by atoms with Gasteiger partial charge in [0.15, 0.2) is 0 Å². The number of amides is 1. The Bertz CT molecular complexity index is 511. The molecule has 0 radical (unpaired) electrons. The summed E-state index contributed by atoms with van der Waals surface area (Å²) in [6.07, 6.45) is 6.12. The molecule has 0 atom stereocenters. The van der Waals surface area contributed by atoms with Gasteiger partial charge < -0.3 is 5.32 Å². The molecule has 0 aromatic carbocycles. The lowest BCUT2D eigenvalue weighted by Crippen LogP contribution is -2.13. The van der Waals surface area contributed by atoms with E-state index in [9.17, 15) is 10.1 Å². The smallest absolute Gasteiger partial charge is 0.225 e. The number of rotatable bonds is 3. The highest BCUT2D eigenvalue weighted by atomic mass is 32.1. The van der Waals surface area contributed by atoms with Crippen molar-refractivity contribution in [3.8, 4) is 6.07 Å². The van der Waals surface area contributed by atoms with Crippen LogP contribution < -0.4 is 5.32 Å². The lowest BCUT2D eigenvalue weighted by atomic mass is 10.1. The van der Waals surface area contributed by atoms with E-state index in [-0.39, 0.29) is 5.91 Å². The molecular formula is C15H20N2OS. The maximum Gasteiger partial charge on any atom is 0.225 e. The van der Waals surface area contributed by atoms with Gasteiger partial charge in [0.1, 0.15) is 11.1 Å². The molecule has 1 aromatic rings. The van der Waals surface area contributed by atoms with E-state index in [0.717, 1.165) is 24.3 Å². The van der Waals surface area contributed by atoms with Gasteiger partial charge in [-0.15, -0.1) is 11.3 Å². The average molecular weight is 276 g/mol. The Balaban J connectivity index is 2.22. The number of carbonyl (C=O) groups excluding carboxylic acids is 1. The van der Waals surface area contributed by atoms with Crippen LogP contribution in [-0.2, 0) is 17.6 Å². The van der Waals surface area contributed by atoms with Crippen molar-refractivity contribution in [3.63, 3.8) is 0 Å². The lowest BCUT2D eigenvalue weighted by Gasteiger charge is -2.05. The molecule has 1 aliphatic carbocycles. The molecule has 0 saturated heterocycles. The van der Waals surface area contributed by atoms with Gasteiger partial charge in [0.25, 0.3) is 0 Å². The molecule has 1 amide bonds. The summed E-state index contributed by atoms with van der Waals surface area (Å²) in [7, 11) is 0. The van der Waals surface area contributed by atoms with Crippen LogP contribution in [-0.4, -0.2) is 5.91 Å². The number of nitrogens with one attached hydrogen (secondary N) is 1. The number of fused-ring (bicyclic) bond motifs is 1. The van der Waals surface area contributed by atoms with E-state index in [2.05, 4.69) is 11.4 Å². The molecule has 1 aromatic heterocycles. The molecule has 0 unspecified atom stereocenters. The number of thiophene rings is 1. The fourth-order valence-electron chi connectivity index (χ4n) is 2.50. The summed E-state index contributed by atoms with van der Waals surface area (Å²) in [6, 6.07) is 2.29. The summed E-state index contributed by atoms with van der Waals surface area (Å²) < 4.78 is 0. The van der Waals surface area contributed by atoms with Crippen LogP contribution in [0.3, 0.4) is 0 Å². The van der Waals surface area contributed by atoms with Crippen molar-refractivity contribution in [2.45, 2.75) is 52.4 Å². The van der Waals surface area contributed by atoms with Gasteiger partial charge in [-0.1, -0.05) is 20.3 Å². The summed E-state index contributed by atoms with van der Waals surface area (Å²) >= 11 is 1.60. The summed E-state index contributed by atoms with van der Waals surface area (Å²) in [5.41, 5.74) is 1.89. The van der Waals surface area contributed by atoms with Crippen molar-refractivity contribution < 1.29 is 4.79 Å². The van der Waals surface area contributed by atoms with Gasteiger partial charge in [-0.3, -0.25) is 4.79 Å². The third kappa shape index (κ3) is 3.36. The highest BCUT2D eigenvalue weighted by Gasteiger charge is 2.20. The predicted molar refractivity (Wildman–Crippen MR) is 78.4 cm³/mol. The van der Waals surface area contributed by atoms with Crippen LogP contribution in [0, 0.1) is 17.2 Å². The standard InChI is InChI=1S/C15H20N2OS/c1-10(2)8-14(18)17-15-12(9-16)11-6-4-3-5-7-13(11)19-15/h10H,3-8H2,1-2H3,(H,17,18). The maximum atomic E-state index is 11.9. The fourth-order valence-corrected chi connectivity index (χ4v) is 3.75. The monoisotopic (exact) mass is 276 g/mol. The first-order chi connectivity index (χ1) is 9.11. The maximum absolute atomic E-state index is 11.9. The van der Waals surface area contributed by atoms with E-state index >= 15 is 0 Å². The Labute approximate surface area is 118 Å². The molecule has 0 saturated carbocycles. The van der Waals surface area contributed by atoms with Crippen LogP contribution in [0.5, 0.6) is 0 Å². The second kappa shape index (κ2) is 6.21. The second-order valence-corrected chi connectivity index (χ2v) is 6.63. The van der Waals surface area contributed by atoms with E-state index in [1.807, 2.05) is 13.8 Å². The quantitative estimate of drug-likeness (QED) is 0.852. The number of hydrogen-bond donors (Lipinski definition) is 1. The Morgan fingerprint density at radius 2 is 2.11 bits per heavy atom. The Morgan fingerprint density at radius 1 is 1.37 bits per heavy atom. The van der Waals surface area contributed by atoms with Crippen LogP contribution in [0.2, 0.25) is 0 Å². The molecule has 19 heavy (non-hydrogen) atoms. The molecule has 3 nitrogen and oxygen atoms in total. The molecule has 0 aliphatic heterocycles. The molecule has 1 aliphatic rings. The molecular weight excluding hydrogens is 256 g/mol. The molecule has 4 heteroatoms. The molecule has 102 valence electrons. The topological polar surface area (TPSA) is 52.9 Å². The minimum atomic E-state index is 0.0166. The van der Waals surface area contributed by atoms with Crippen molar-refractivity contribution in [2.75, 3.05) is 5.32 Å². The van der Waals surface area contributed by atoms with Crippen LogP contribution in [0.25, 0.3) is 0 Å². The van der Waals surface area contributed by atoms with E-state index in [1.165, 1.54) is 23.3 Å². The number of nitrogens with zero attached hydrogens (tertiary/aromatic N) is 1. The van der Waals surface area contributed by atoms with Crippen LogP contribution in [0.15, 0.2) is 0 Å². The first-order valence-corrected chi connectivity index (χ1v) is 7.78. The third-order valence-electron chi connectivity index (χ3n) is 3.38. The first kappa shape index (κ1) is 14.1. The zero-order valence-electron chi connectivity index (χ0n) is 11.6. The SMILES string of the molecule is CC(C)CC(=O)Nc1sc2c(c1C#N)CCCCC2. The molecule has 1 heterocycles. The van der Waals surface area contributed by atoms with Gasteiger partial charge >= 0.3 is 0 Å². The van der Waals surface area contributed by atoms with Gasteiger partial charge in [-0.05, 0) is 37.2 Å². The summed E-state index contributed by atoms with van der Waals surface area (Å²) in [6.45, 7) is 4.04. The fraction of sp³-hybridized carbons (Fsp3) is 0.600. The van der Waals surface area contributed by atoms with Crippen molar-refractivity contribution in [3.05, 3.63) is 16.0 Å². The Kier molecular flexibility index (Phi) is 4.60. The Hall–Kier alpha value is -1.34. The number of hydrogen-bond acceptors (Lipinski definition) is 3. The van der Waals surface area contributed by atoms with Gasteiger partial charge in [-0.25, -0.2) is 0 Å². The van der Waals surface area contributed by atoms with Crippen molar-refractivity contribution >= 4 is 22.2 Å². The van der Waals surface area contributed by atoms with Gasteiger partial charge in [0.05, 0.1) is 5.56 Å². The van der Waals surface area contributed by atoms with Crippen molar-refractivity contribution in [2.24, 2.45) is 5.92 Å². The molecule has 0 bridgehead atoms. The first-order valence-electron chi connectivity index (χ1n) is 6.96. The molecule has 0 spiro atoms. The highest BCUT2D eigenvalue weighted by Crippen LogP contribution is 2.37. The number of carbonyl (C=O) groups is 1. The normalized spacial score (nSPS) is 14.6. The van der Waals surface area contributed by atoms with Gasteiger partial charge in [0, 0.05) is 11.3 Å². The zero-order chi connectivity index (χ0) is 13.8. The molecule has 2 rings (SSSR count). The number of anilines is 1. The van der Waals surface area contributed by atoms with E-state index in [4.69, 9.17) is 0 Å². The summed E-state index contributed by atoms with van der Waals surface area (Å²) in [5, 5.41) is 13.0. The van der Waals surface area contributed by atoms with Crippen LogP contribution >= 0.6 is 11.3 Å².